The van der Waals surface area contributed by atoms with Gasteiger partial charge >= 0.3 is 0 Å². The molecule has 1 N–H and O–H groups in total. The molecule has 68 valence electrons. The van der Waals surface area contributed by atoms with Crippen LogP contribution in [0.4, 0.5) is 8.78 Å². The molecular weight excluding hydrogens is 289 g/mol. The van der Waals surface area contributed by atoms with Crippen molar-refractivity contribution in [2.24, 2.45) is 0 Å². The molecular formula is C8H5F2IN2. The van der Waals surface area contributed by atoms with Crippen molar-refractivity contribution < 1.29 is 8.78 Å². The zero-order valence-electron chi connectivity index (χ0n) is 6.39. The third kappa shape index (κ3) is 1.41. The van der Waals surface area contributed by atoms with Crippen LogP contribution in [0.15, 0.2) is 18.5 Å². The first-order valence-corrected chi connectivity index (χ1v) is 4.67. The quantitative estimate of drug-likeness (QED) is 0.804. The predicted molar refractivity (Wildman–Crippen MR) is 53.8 cm³/mol. The van der Waals surface area contributed by atoms with E-state index in [1.165, 1.54) is 12.4 Å². The van der Waals surface area contributed by atoms with Gasteiger partial charge in [0.05, 0.1) is 17.4 Å². The molecule has 0 bridgehead atoms. The minimum atomic E-state index is -2.47. The van der Waals surface area contributed by atoms with E-state index in [4.69, 9.17) is 0 Å². The van der Waals surface area contributed by atoms with E-state index in [2.05, 4.69) is 32.6 Å². The third-order valence-corrected chi connectivity index (χ3v) is 2.69. The molecule has 1 aromatic carbocycles. The van der Waals surface area contributed by atoms with E-state index in [9.17, 15) is 8.78 Å². The van der Waals surface area contributed by atoms with Gasteiger partial charge < -0.3 is 4.98 Å². The number of imidazole rings is 1. The summed E-state index contributed by atoms with van der Waals surface area (Å²) >= 11 is 2.08. The Balaban J connectivity index is 2.78. The average Bonchev–Trinajstić information content (AvgIpc) is 2.53. The minimum absolute atomic E-state index is 0.0170. The van der Waals surface area contributed by atoms with Crippen LogP contribution in [-0.4, -0.2) is 9.97 Å². The van der Waals surface area contributed by atoms with Gasteiger partial charge in [0.1, 0.15) is 0 Å². The zero-order chi connectivity index (χ0) is 9.42. The summed E-state index contributed by atoms with van der Waals surface area (Å²) in [4.78, 5) is 6.69. The number of alkyl halides is 2. The van der Waals surface area contributed by atoms with Crippen molar-refractivity contribution in [3.63, 3.8) is 0 Å². The standard InChI is InChI=1S/C8H5F2IN2/c9-8(10)4-1-2-5(11)7-6(4)12-3-13-7/h1-3,8H,(H,12,13). The molecule has 2 aromatic rings. The van der Waals surface area contributed by atoms with Gasteiger partial charge in [0.25, 0.3) is 6.43 Å². The minimum Gasteiger partial charge on any atom is -0.344 e. The lowest BCUT2D eigenvalue weighted by atomic mass is 10.2. The van der Waals surface area contributed by atoms with Crippen molar-refractivity contribution in [2.75, 3.05) is 0 Å². The smallest absolute Gasteiger partial charge is 0.266 e. The van der Waals surface area contributed by atoms with Gasteiger partial charge in [-0.25, -0.2) is 13.8 Å². The van der Waals surface area contributed by atoms with E-state index in [1.54, 1.807) is 6.07 Å². The van der Waals surface area contributed by atoms with Crippen LogP contribution in [-0.2, 0) is 0 Å². The van der Waals surface area contributed by atoms with Crippen molar-refractivity contribution in [3.8, 4) is 0 Å². The van der Waals surface area contributed by atoms with Crippen molar-refractivity contribution >= 4 is 33.6 Å². The highest BCUT2D eigenvalue weighted by atomic mass is 127. The van der Waals surface area contributed by atoms with Crippen LogP contribution in [0.2, 0.25) is 0 Å². The summed E-state index contributed by atoms with van der Waals surface area (Å²) in [6.07, 6.45) is -1.04. The Hall–Kier alpha value is -0.720. The van der Waals surface area contributed by atoms with Crippen LogP contribution >= 0.6 is 22.6 Å². The number of hydrogen-bond acceptors (Lipinski definition) is 1. The number of nitrogens with one attached hydrogen (secondary N) is 1. The molecule has 0 aliphatic carbocycles. The lowest BCUT2D eigenvalue weighted by Crippen LogP contribution is -1.87. The first-order chi connectivity index (χ1) is 6.20. The molecule has 2 nitrogen and oxygen atoms in total. The molecule has 0 saturated heterocycles. The van der Waals surface area contributed by atoms with Crippen molar-refractivity contribution in [1.29, 1.82) is 0 Å². The van der Waals surface area contributed by atoms with Gasteiger partial charge in [0, 0.05) is 9.13 Å². The Bertz CT molecular complexity index is 439. The Labute approximate surface area is 86.5 Å². The summed E-state index contributed by atoms with van der Waals surface area (Å²) in [6, 6.07) is 3.07. The highest BCUT2D eigenvalue weighted by Crippen LogP contribution is 2.28. The van der Waals surface area contributed by atoms with E-state index in [-0.39, 0.29) is 5.56 Å². The molecule has 0 aliphatic rings. The molecule has 1 heterocycles. The maximum absolute atomic E-state index is 12.4. The fourth-order valence-corrected chi connectivity index (χ4v) is 1.79. The Kier molecular flexibility index (Phi) is 2.19. The van der Waals surface area contributed by atoms with Crippen LogP contribution in [0.3, 0.4) is 0 Å². The van der Waals surface area contributed by atoms with Gasteiger partial charge in [-0.15, -0.1) is 0 Å². The first-order valence-electron chi connectivity index (χ1n) is 3.60. The molecule has 0 fully saturated rings. The molecule has 13 heavy (non-hydrogen) atoms. The van der Waals surface area contributed by atoms with E-state index in [0.29, 0.717) is 11.0 Å². The predicted octanol–water partition coefficient (Wildman–Crippen LogP) is 3.11. The Morgan fingerprint density at radius 2 is 2.15 bits per heavy atom. The second-order valence-corrected chi connectivity index (χ2v) is 3.73. The van der Waals surface area contributed by atoms with Gasteiger partial charge in [0.2, 0.25) is 0 Å². The van der Waals surface area contributed by atoms with Crippen LogP contribution < -0.4 is 0 Å². The number of halogens is 3. The average molecular weight is 294 g/mol. The third-order valence-electron chi connectivity index (χ3n) is 1.80. The monoisotopic (exact) mass is 294 g/mol. The molecule has 0 radical (unpaired) electrons. The van der Waals surface area contributed by atoms with E-state index in [0.717, 1.165) is 3.57 Å². The highest BCUT2D eigenvalue weighted by molar-refractivity contribution is 14.1. The van der Waals surface area contributed by atoms with Gasteiger partial charge in [-0.05, 0) is 34.7 Å². The number of aromatic nitrogens is 2. The number of aromatic amines is 1. The molecule has 1 aromatic heterocycles. The van der Waals surface area contributed by atoms with E-state index in [1.807, 2.05) is 0 Å². The molecule has 0 amide bonds. The fraction of sp³-hybridized carbons (Fsp3) is 0.125. The molecule has 0 atom stereocenters. The van der Waals surface area contributed by atoms with Crippen molar-refractivity contribution in [1.82, 2.24) is 9.97 Å². The molecule has 5 heteroatoms. The molecule has 0 aliphatic heterocycles. The first kappa shape index (κ1) is 8.86. The summed E-state index contributed by atoms with van der Waals surface area (Å²) in [5.74, 6) is 0. The normalized spacial score (nSPS) is 11.4. The largest absolute Gasteiger partial charge is 0.344 e. The maximum atomic E-state index is 12.4. The second kappa shape index (κ2) is 3.21. The molecule has 0 saturated carbocycles. The topological polar surface area (TPSA) is 28.7 Å². The number of fused-ring (bicyclic) bond motifs is 1. The number of H-pyrrole nitrogens is 1. The molecule has 0 spiro atoms. The highest BCUT2D eigenvalue weighted by Gasteiger charge is 2.14. The summed E-state index contributed by atoms with van der Waals surface area (Å²) in [5, 5.41) is 0. The van der Waals surface area contributed by atoms with Gasteiger partial charge in [-0.2, -0.15) is 0 Å². The number of benzene rings is 1. The Morgan fingerprint density at radius 3 is 2.85 bits per heavy atom. The van der Waals surface area contributed by atoms with E-state index >= 15 is 0 Å². The maximum Gasteiger partial charge on any atom is 0.266 e. The zero-order valence-corrected chi connectivity index (χ0v) is 8.55. The lowest BCUT2D eigenvalue weighted by Gasteiger charge is -2.01. The molecule has 2 rings (SSSR count). The van der Waals surface area contributed by atoms with Crippen LogP contribution in [0.5, 0.6) is 0 Å². The SMILES string of the molecule is FC(F)c1ccc(I)c2[nH]cnc12. The van der Waals surface area contributed by atoms with Crippen LogP contribution in [0.1, 0.15) is 12.0 Å². The van der Waals surface area contributed by atoms with Crippen LogP contribution in [0.25, 0.3) is 11.0 Å². The number of nitrogens with zero attached hydrogens (tertiary/aromatic N) is 1. The van der Waals surface area contributed by atoms with Crippen LogP contribution in [0, 0.1) is 3.57 Å². The van der Waals surface area contributed by atoms with Gasteiger partial charge in [-0.1, -0.05) is 0 Å². The van der Waals surface area contributed by atoms with Crippen molar-refractivity contribution in [2.45, 2.75) is 6.43 Å². The lowest BCUT2D eigenvalue weighted by molar-refractivity contribution is 0.153. The summed E-state index contributed by atoms with van der Waals surface area (Å²) in [6.45, 7) is 0. The van der Waals surface area contributed by atoms with Gasteiger partial charge in [0.15, 0.2) is 0 Å². The van der Waals surface area contributed by atoms with E-state index < -0.39 is 6.43 Å². The number of hydrogen-bond donors (Lipinski definition) is 1. The Morgan fingerprint density at radius 1 is 1.38 bits per heavy atom. The van der Waals surface area contributed by atoms with Gasteiger partial charge in [-0.3, -0.25) is 0 Å². The summed E-state index contributed by atoms with van der Waals surface area (Å²) < 4.78 is 25.8. The summed E-state index contributed by atoms with van der Waals surface area (Å²) in [5.41, 5.74) is 1.02. The fourth-order valence-electron chi connectivity index (χ4n) is 1.20. The number of rotatable bonds is 1. The molecule has 0 unspecified atom stereocenters. The summed E-state index contributed by atoms with van der Waals surface area (Å²) in [7, 11) is 0. The van der Waals surface area contributed by atoms with Crippen molar-refractivity contribution in [3.05, 3.63) is 27.6 Å². The second-order valence-electron chi connectivity index (χ2n) is 2.56.